The SMILES string of the molecule is CCCCCCNC1CCN(S(=O)(=O)c2ccc(CNC(=O)c3cccc(OC)c3)s2)CC1. The number of ether oxygens (including phenoxy) is 1. The van der Waals surface area contributed by atoms with E-state index in [1.54, 1.807) is 47.8 Å². The molecule has 1 aliphatic rings. The topological polar surface area (TPSA) is 87.7 Å². The van der Waals surface area contributed by atoms with Crippen molar-refractivity contribution in [2.75, 3.05) is 26.7 Å². The fourth-order valence-electron chi connectivity index (χ4n) is 3.91. The molecule has 0 bridgehead atoms. The van der Waals surface area contributed by atoms with Crippen molar-refractivity contribution in [2.45, 2.75) is 62.2 Å². The number of piperidine rings is 1. The van der Waals surface area contributed by atoms with Gasteiger partial charge < -0.3 is 15.4 Å². The Kier molecular flexibility index (Phi) is 9.73. The van der Waals surface area contributed by atoms with Crippen LogP contribution in [0.15, 0.2) is 40.6 Å². The standard InChI is InChI=1S/C24H35N3O4S2/c1-3-4-5-6-14-25-20-12-15-27(16-13-20)33(29,30)23-11-10-22(32-23)18-26-24(28)19-8-7-9-21(17-19)31-2/h7-11,17,20,25H,3-6,12-16,18H2,1-2H3,(H,26,28). The molecule has 1 amide bonds. The molecule has 0 aliphatic carbocycles. The van der Waals surface area contributed by atoms with Crippen molar-refractivity contribution in [3.63, 3.8) is 0 Å². The fraction of sp³-hybridized carbons (Fsp3) is 0.542. The first kappa shape index (κ1) is 25.7. The minimum atomic E-state index is -3.50. The van der Waals surface area contributed by atoms with Crippen LogP contribution in [0.2, 0.25) is 0 Å². The number of nitrogens with one attached hydrogen (secondary N) is 2. The lowest BCUT2D eigenvalue weighted by atomic mass is 10.1. The minimum Gasteiger partial charge on any atom is -0.497 e. The number of nitrogens with zero attached hydrogens (tertiary/aromatic N) is 1. The number of methoxy groups -OCH3 is 1. The monoisotopic (exact) mass is 493 g/mol. The molecule has 9 heteroatoms. The van der Waals surface area contributed by atoms with Gasteiger partial charge in [0.1, 0.15) is 9.96 Å². The number of carbonyl (C=O) groups is 1. The molecule has 0 unspecified atom stereocenters. The van der Waals surface area contributed by atoms with E-state index < -0.39 is 10.0 Å². The van der Waals surface area contributed by atoms with Gasteiger partial charge in [0.25, 0.3) is 15.9 Å². The zero-order valence-electron chi connectivity index (χ0n) is 19.5. The Balaban J connectivity index is 1.48. The van der Waals surface area contributed by atoms with Gasteiger partial charge in [0.15, 0.2) is 0 Å². The first-order valence-electron chi connectivity index (χ1n) is 11.7. The molecule has 1 saturated heterocycles. The third kappa shape index (κ3) is 7.27. The summed E-state index contributed by atoms with van der Waals surface area (Å²) in [6.07, 6.45) is 6.60. The van der Waals surface area contributed by atoms with Crippen LogP contribution in [-0.2, 0) is 16.6 Å². The average Bonchev–Trinajstić information content (AvgIpc) is 3.33. The van der Waals surface area contributed by atoms with Crippen LogP contribution in [0.5, 0.6) is 5.75 Å². The van der Waals surface area contributed by atoms with Crippen molar-refractivity contribution < 1.29 is 17.9 Å². The molecule has 0 spiro atoms. The van der Waals surface area contributed by atoms with Gasteiger partial charge in [0.05, 0.1) is 13.7 Å². The van der Waals surface area contributed by atoms with Crippen LogP contribution in [0.25, 0.3) is 0 Å². The molecular weight excluding hydrogens is 458 g/mol. The molecule has 182 valence electrons. The molecule has 7 nitrogen and oxygen atoms in total. The maximum atomic E-state index is 13.1. The van der Waals surface area contributed by atoms with Crippen molar-refractivity contribution in [3.8, 4) is 5.75 Å². The molecule has 33 heavy (non-hydrogen) atoms. The number of unbranched alkanes of at least 4 members (excludes halogenated alkanes) is 3. The molecule has 0 radical (unpaired) electrons. The lowest BCUT2D eigenvalue weighted by Gasteiger charge is -2.31. The number of carbonyl (C=O) groups excluding carboxylic acids is 1. The molecule has 1 aliphatic heterocycles. The Hall–Kier alpha value is -1.94. The lowest BCUT2D eigenvalue weighted by molar-refractivity contribution is 0.0951. The van der Waals surface area contributed by atoms with Crippen LogP contribution in [0, 0.1) is 0 Å². The maximum absolute atomic E-state index is 13.1. The predicted octanol–water partition coefficient (Wildman–Crippen LogP) is 4.01. The van der Waals surface area contributed by atoms with Crippen molar-refractivity contribution >= 4 is 27.3 Å². The molecule has 1 fully saturated rings. The smallest absolute Gasteiger partial charge is 0.252 e. The number of benzene rings is 1. The number of sulfonamides is 1. The van der Waals surface area contributed by atoms with Gasteiger partial charge in [-0.05, 0) is 56.1 Å². The van der Waals surface area contributed by atoms with Gasteiger partial charge in [-0.15, -0.1) is 11.3 Å². The number of amides is 1. The molecule has 1 aromatic carbocycles. The Morgan fingerprint density at radius 1 is 1.15 bits per heavy atom. The number of thiophene rings is 1. The van der Waals surface area contributed by atoms with Crippen LogP contribution < -0.4 is 15.4 Å². The molecule has 1 aromatic heterocycles. The molecule has 0 atom stereocenters. The second-order valence-electron chi connectivity index (χ2n) is 8.33. The normalized spacial score (nSPS) is 15.5. The van der Waals surface area contributed by atoms with Gasteiger partial charge in [-0.1, -0.05) is 32.3 Å². The van der Waals surface area contributed by atoms with Crippen LogP contribution in [0.4, 0.5) is 0 Å². The predicted molar refractivity (Wildman–Crippen MR) is 132 cm³/mol. The summed E-state index contributed by atoms with van der Waals surface area (Å²) >= 11 is 1.22. The summed E-state index contributed by atoms with van der Waals surface area (Å²) in [6.45, 7) is 4.57. The molecule has 2 N–H and O–H groups in total. The number of rotatable bonds is 12. The van der Waals surface area contributed by atoms with Gasteiger partial charge in [-0.25, -0.2) is 8.42 Å². The Morgan fingerprint density at radius 3 is 2.67 bits per heavy atom. The summed E-state index contributed by atoms with van der Waals surface area (Å²) in [5.74, 6) is 0.388. The summed E-state index contributed by atoms with van der Waals surface area (Å²) in [5.41, 5.74) is 0.501. The fourth-order valence-corrected chi connectivity index (χ4v) is 6.83. The second-order valence-corrected chi connectivity index (χ2v) is 11.7. The van der Waals surface area contributed by atoms with Gasteiger partial charge >= 0.3 is 0 Å². The van der Waals surface area contributed by atoms with Gasteiger partial charge in [0.2, 0.25) is 0 Å². The zero-order chi connectivity index (χ0) is 23.7. The zero-order valence-corrected chi connectivity index (χ0v) is 21.1. The Labute approximate surface area is 201 Å². The van der Waals surface area contributed by atoms with Crippen LogP contribution in [0.3, 0.4) is 0 Å². The minimum absolute atomic E-state index is 0.226. The summed E-state index contributed by atoms with van der Waals surface area (Å²) in [4.78, 5) is 13.2. The van der Waals surface area contributed by atoms with E-state index in [2.05, 4.69) is 17.6 Å². The molecular formula is C24H35N3O4S2. The second kappa shape index (κ2) is 12.5. The van der Waals surface area contributed by atoms with Crippen molar-refractivity contribution in [2.24, 2.45) is 0 Å². The van der Waals surface area contributed by atoms with E-state index in [9.17, 15) is 13.2 Å². The molecule has 2 aromatic rings. The van der Waals surface area contributed by atoms with E-state index >= 15 is 0 Å². The largest absolute Gasteiger partial charge is 0.497 e. The average molecular weight is 494 g/mol. The third-order valence-corrected chi connectivity index (χ3v) is 9.35. The van der Waals surface area contributed by atoms with E-state index in [0.717, 1.165) is 24.3 Å². The number of hydrogen-bond donors (Lipinski definition) is 2. The van der Waals surface area contributed by atoms with Crippen molar-refractivity contribution in [1.29, 1.82) is 0 Å². The third-order valence-electron chi connectivity index (χ3n) is 5.90. The highest BCUT2D eigenvalue weighted by Gasteiger charge is 2.30. The highest BCUT2D eigenvalue weighted by molar-refractivity contribution is 7.91. The van der Waals surface area contributed by atoms with E-state index in [-0.39, 0.29) is 12.5 Å². The van der Waals surface area contributed by atoms with E-state index in [1.165, 1.54) is 37.0 Å². The molecule has 3 rings (SSSR count). The van der Waals surface area contributed by atoms with Crippen molar-refractivity contribution in [1.82, 2.24) is 14.9 Å². The van der Waals surface area contributed by atoms with Crippen LogP contribution in [-0.4, -0.2) is 51.4 Å². The summed E-state index contributed by atoms with van der Waals surface area (Å²) < 4.78 is 33.2. The number of hydrogen-bond acceptors (Lipinski definition) is 6. The first-order chi connectivity index (χ1) is 15.9. The van der Waals surface area contributed by atoms with E-state index in [4.69, 9.17) is 4.74 Å². The van der Waals surface area contributed by atoms with Crippen LogP contribution >= 0.6 is 11.3 Å². The maximum Gasteiger partial charge on any atom is 0.252 e. The van der Waals surface area contributed by atoms with E-state index in [0.29, 0.717) is 34.7 Å². The summed E-state index contributed by atoms with van der Waals surface area (Å²) in [7, 11) is -1.95. The first-order valence-corrected chi connectivity index (χ1v) is 13.9. The lowest BCUT2D eigenvalue weighted by Crippen LogP contribution is -2.44. The molecule has 2 heterocycles. The van der Waals surface area contributed by atoms with Gasteiger partial charge in [0, 0.05) is 29.6 Å². The van der Waals surface area contributed by atoms with Crippen LogP contribution in [0.1, 0.15) is 60.7 Å². The van der Waals surface area contributed by atoms with Gasteiger partial charge in [-0.3, -0.25) is 4.79 Å². The van der Waals surface area contributed by atoms with Gasteiger partial charge in [-0.2, -0.15) is 4.31 Å². The van der Waals surface area contributed by atoms with Crippen molar-refractivity contribution in [3.05, 3.63) is 46.8 Å². The quantitative estimate of drug-likeness (QED) is 0.436. The Bertz CT molecular complexity index is 999. The highest BCUT2D eigenvalue weighted by Crippen LogP contribution is 2.27. The van der Waals surface area contributed by atoms with E-state index in [1.807, 2.05) is 0 Å². The highest BCUT2D eigenvalue weighted by atomic mass is 32.2. The summed E-state index contributed by atoms with van der Waals surface area (Å²) in [5, 5.41) is 6.43. The Morgan fingerprint density at radius 2 is 1.94 bits per heavy atom. The molecule has 0 saturated carbocycles. The summed E-state index contributed by atoms with van der Waals surface area (Å²) in [6, 6.07) is 10.7.